The van der Waals surface area contributed by atoms with Crippen LogP contribution in [0.1, 0.15) is 33.2 Å². The number of halogens is 1. The number of amides is 2. The van der Waals surface area contributed by atoms with E-state index in [2.05, 4.69) is 33.2 Å². The second-order valence-electron chi connectivity index (χ2n) is 6.44. The van der Waals surface area contributed by atoms with E-state index in [1.165, 1.54) is 13.0 Å². The van der Waals surface area contributed by atoms with E-state index >= 15 is 0 Å². The molecule has 3 aromatic rings. The van der Waals surface area contributed by atoms with Crippen molar-refractivity contribution < 1.29 is 19.1 Å². The first-order valence-electron chi connectivity index (χ1n) is 9.14. The molecular weight excluding hydrogens is 495 g/mol. The SMILES string of the molecule is CC(=O)Oc1cccc(C(=O)Nc2ccc(CNC(=O)c3ccccc3I)cc2)c1. The Morgan fingerprint density at radius 2 is 1.63 bits per heavy atom. The van der Waals surface area contributed by atoms with Crippen molar-refractivity contribution in [1.82, 2.24) is 5.32 Å². The molecule has 0 saturated heterocycles. The van der Waals surface area contributed by atoms with Gasteiger partial charge >= 0.3 is 5.97 Å². The fourth-order valence-corrected chi connectivity index (χ4v) is 3.33. The van der Waals surface area contributed by atoms with Gasteiger partial charge in [-0.2, -0.15) is 0 Å². The average Bonchev–Trinajstić information content (AvgIpc) is 2.73. The first-order chi connectivity index (χ1) is 14.4. The molecule has 7 heteroatoms. The smallest absolute Gasteiger partial charge is 0.308 e. The summed E-state index contributed by atoms with van der Waals surface area (Å²) in [6.45, 7) is 1.68. The van der Waals surface area contributed by atoms with E-state index in [0.29, 0.717) is 29.1 Å². The number of hydrogen-bond acceptors (Lipinski definition) is 4. The first-order valence-corrected chi connectivity index (χ1v) is 10.2. The average molecular weight is 514 g/mol. The van der Waals surface area contributed by atoms with Crippen molar-refractivity contribution >= 4 is 46.1 Å². The van der Waals surface area contributed by atoms with E-state index in [9.17, 15) is 14.4 Å². The van der Waals surface area contributed by atoms with Crippen molar-refractivity contribution in [2.45, 2.75) is 13.5 Å². The van der Waals surface area contributed by atoms with Crippen molar-refractivity contribution in [3.63, 3.8) is 0 Å². The predicted octanol–water partition coefficient (Wildman–Crippen LogP) is 4.40. The lowest BCUT2D eigenvalue weighted by Crippen LogP contribution is -2.23. The van der Waals surface area contributed by atoms with Gasteiger partial charge in [-0.05, 0) is 70.6 Å². The monoisotopic (exact) mass is 514 g/mol. The molecule has 0 spiro atoms. The third-order valence-electron chi connectivity index (χ3n) is 4.14. The van der Waals surface area contributed by atoms with Gasteiger partial charge in [-0.15, -0.1) is 0 Å². The lowest BCUT2D eigenvalue weighted by atomic mass is 10.1. The van der Waals surface area contributed by atoms with Gasteiger partial charge in [0.05, 0.1) is 5.56 Å². The number of ether oxygens (including phenoxy) is 1. The summed E-state index contributed by atoms with van der Waals surface area (Å²) in [6.07, 6.45) is 0. The molecule has 0 bridgehead atoms. The second kappa shape index (κ2) is 10.0. The Morgan fingerprint density at radius 3 is 2.33 bits per heavy atom. The first kappa shape index (κ1) is 21.5. The van der Waals surface area contributed by atoms with Crippen LogP contribution in [0, 0.1) is 3.57 Å². The zero-order chi connectivity index (χ0) is 21.5. The summed E-state index contributed by atoms with van der Waals surface area (Å²) < 4.78 is 5.89. The molecule has 152 valence electrons. The molecule has 0 heterocycles. The van der Waals surface area contributed by atoms with Crippen LogP contribution in [0.3, 0.4) is 0 Å². The van der Waals surface area contributed by atoms with E-state index in [4.69, 9.17) is 4.74 Å². The lowest BCUT2D eigenvalue weighted by Gasteiger charge is -2.09. The van der Waals surface area contributed by atoms with Crippen molar-refractivity contribution in [2.24, 2.45) is 0 Å². The summed E-state index contributed by atoms with van der Waals surface area (Å²) in [5.41, 5.74) is 2.54. The molecule has 0 saturated carbocycles. The van der Waals surface area contributed by atoms with Crippen LogP contribution >= 0.6 is 22.6 Å². The summed E-state index contributed by atoms with van der Waals surface area (Å²) in [5, 5.41) is 5.69. The number of carbonyl (C=O) groups is 3. The predicted molar refractivity (Wildman–Crippen MR) is 122 cm³/mol. The summed E-state index contributed by atoms with van der Waals surface area (Å²) in [6, 6.07) is 21.0. The molecule has 0 unspecified atom stereocenters. The Hall–Kier alpha value is -3.20. The molecule has 30 heavy (non-hydrogen) atoms. The molecule has 0 aromatic heterocycles. The van der Waals surface area contributed by atoms with E-state index in [-0.39, 0.29) is 11.8 Å². The summed E-state index contributed by atoms with van der Waals surface area (Å²) in [5.74, 6) is -0.583. The van der Waals surface area contributed by atoms with Crippen molar-refractivity contribution in [3.05, 3.63) is 93.1 Å². The number of hydrogen-bond donors (Lipinski definition) is 2. The molecule has 3 aromatic carbocycles. The number of esters is 1. The molecule has 0 aliphatic heterocycles. The molecule has 6 nitrogen and oxygen atoms in total. The maximum absolute atomic E-state index is 12.4. The zero-order valence-electron chi connectivity index (χ0n) is 16.1. The minimum atomic E-state index is -0.447. The van der Waals surface area contributed by atoms with Gasteiger partial charge in [-0.1, -0.05) is 30.3 Å². The second-order valence-corrected chi connectivity index (χ2v) is 7.60. The molecule has 0 aliphatic rings. The Balaban J connectivity index is 1.58. The minimum absolute atomic E-state index is 0.134. The van der Waals surface area contributed by atoms with Crippen LogP contribution in [0.2, 0.25) is 0 Å². The van der Waals surface area contributed by atoms with E-state index in [1.807, 2.05) is 30.3 Å². The van der Waals surface area contributed by atoms with Crippen molar-refractivity contribution in [1.29, 1.82) is 0 Å². The Labute approximate surface area is 187 Å². The van der Waals surface area contributed by atoms with Gasteiger partial charge in [0, 0.05) is 28.3 Å². The van der Waals surface area contributed by atoms with Gasteiger partial charge in [0.1, 0.15) is 5.75 Å². The van der Waals surface area contributed by atoms with Crippen molar-refractivity contribution in [2.75, 3.05) is 5.32 Å². The quantitative estimate of drug-likeness (QED) is 0.290. The Kier molecular flexibility index (Phi) is 7.18. The van der Waals surface area contributed by atoms with Crippen LogP contribution in [0.5, 0.6) is 5.75 Å². The number of anilines is 1. The molecule has 2 amide bonds. The molecule has 0 fully saturated rings. The van der Waals surface area contributed by atoms with Crippen LogP contribution in [-0.4, -0.2) is 17.8 Å². The Bertz CT molecular complexity index is 1080. The maximum Gasteiger partial charge on any atom is 0.308 e. The van der Waals surface area contributed by atoms with Crippen LogP contribution < -0.4 is 15.4 Å². The van der Waals surface area contributed by atoms with Gasteiger partial charge in [-0.3, -0.25) is 14.4 Å². The van der Waals surface area contributed by atoms with Gasteiger partial charge < -0.3 is 15.4 Å². The van der Waals surface area contributed by atoms with Crippen LogP contribution in [0.4, 0.5) is 5.69 Å². The fraction of sp³-hybridized carbons (Fsp3) is 0.0870. The summed E-state index contributed by atoms with van der Waals surface area (Å²) >= 11 is 2.13. The normalized spacial score (nSPS) is 10.2. The highest BCUT2D eigenvalue weighted by Gasteiger charge is 2.10. The van der Waals surface area contributed by atoms with Gasteiger partial charge in [-0.25, -0.2) is 0 Å². The summed E-state index contributed by atoms with van der Waals surface area (Å²) in [4.78, 5) is 35.8. The molecule has 0 aliphatic carbocycles. The zero-order valence-corrected chi connectivity index (χ0v) is 18.3. The Morgan fingerprint density at radius 1 is 0.900 bits per heavy atom. The lowest BCUT2D eigenvalue weighted by molar-refractivity contribution is -0.131. The maximum atomic E-state index is 12.4. The highest BCUT2D eigenvalue weighted by Crippen LogP contribution is 2.17. The molecule has 2 N–H and O–H groups in total. The third-order valence-corrected chi connectivity index (χ3v) is 5.08. The van der Waals surface area contributed by atoms with Crippen molar-refractivity contribution in [3.8, 4) is 5.75 Å². The highest BCUT2D eigenvalue weighted by molar-refractivity contribution is 14.1. The number of rotatable bonds is 6. The van der Waals surface area contributed by atoms with Crippen LogP contribution in [-0.2, 0) is 11.3 Å². The minimum Gasteiger partial charge on any atom is -0.427 e. The molecule has 0 atom stereocenters. The van der Waals surface area contributed by atoms with Gasteiger partial charge in [0.2, 0.25) is 0 Å². The van der Waals surface area contributed by atoms with E-state index in [0.717, 1.165) is 9.13 Å². The van der Waals surface area contributed by atoms with Crippen LogP contribution in [0.25, 0.3) is 0 Å². The van der Waals surface area contributed by atoms with E-state index in [1.54, 1.807) is 36.4 Å². The molecule has 3 rings (SSSR count). The largest absolute Gasteiger partial charge is 0.427 e. The van der Waals surface area contributed by atoms with Gasteiger partial charge in [0.25, 0.3) is 11.8 Å². The van der Waals surface area contributed by atoms with Gasteiger partial charge in [0.15, 0.2) is 0 Å². The fourth-order valence-electron chi connectivity index (χ4n) is 2.70. The number of carbonyl (C=O) groups excluding carboxylic acids is 3. The van der Waals surface area contributed by atoms with Crippen LogP contribution in [0.15, 0.2) is 72.8 Å². The van der Waals surface area contributed by atoms with E-state index < -0.39 is 5.97 Å². The summed E-state index contributed by atoms with van der Waals surface area (Å²) in [7, 11) is 0. The standard InChI is InChI=1S/C23H19IN2O4/c1-15(27)30-19-6-4-5-17(13-19)22(28)26-18-11-9-16(10-12-18)14-25-23(29)20-7-2-3-8-21(20)24/h2-13H,14H2,1H3,(H,25,29)(H,26,28). The third kappa shape index (κ3) is 5.90. The topological polar surface area (TPSA) is 84.5 Å². The molecule has 0 radical (unpaired) electrons. The number of nitrogens with one attached hydrogen (secondary N) is 2. The molecular formula is C23H19IN2O4. The number of benzene rings is 3. The highest BCUT2D eigenvalue weighted by atomic mass is 127.